The summed E-state index contributed by atoms with van der Waals surface area (Å²) in [7, 11) is -2.87. The molecule has 2 N–H and O–H groups in total. The van der Waals surface area contributed by atoms with E-state index in [0.29, 0.717) is 0 Å². The van der Waals surface area contributed by atoms with Gasteiger partial charge in [0.05, 0.1) is 0 Å². The molecular weight excluding hydrogens is 282 g/mol. The summed E-state index contributed by atoms with van der Waals surface area (Å²) in [6, 6.07) is 0. The van der Waals surface area contributed by atoms with Crippen molar-refractivity contribution >= 4 is 8.25 Å². The van der Waals surface area contributed by atoms with Gasteiger partial charge in [-0.05, 0) is 0 Å². The molecule has 0 fully saturated rings. The predicted molar refractivity (Wildman–Crippen MR) is 69.2 cm³/mol. The summed E-state index contributed by atoms with van der Waals surface area (Å²) in [4.78, 5) is 14.2. The molecule has 0 atom stereocenters. The van der Waals surface area contributed by atoms with E-state index in [9.17, 15) is 0 Å². The van der Waals surface area contributed by atoms with Crippen molar-refractivity contribution in [3.63, 3.8) is 0 Å². The molecule has 17 heavy (non-hydrogen) atoms. The largest absolute Gasteiger partial charge is 0.692 e. The minimum atomic E-state index is -2.87. The van der Waals surface area contributed by atoms with Crippen LogP contribution in [0.15, 0.2) is 0 Å². The number of rotatable bonds is 9. The van der Waals surface area contributed by atoms with Gasteiger partial charge in [-0.25, -0.2) is 0 Å². The van der Waals surface area contributed by atoms with Crippen LogP contribution in [0.1, 0.15) is 71.1 Å². The number of unbranched alkanes of at least 4 members (excludes halogenated alkanes) is 9. The van der Waals surface area contributed by atoms with E-state index in [0.717, 1.165) is 6.42 Å². The Morgan fingerprint density at radius 3 is 1.47 bits per heavy atom. The first-order valence-corrected chi connectivity index (χ1v) is 7.45. The molecule has 0 amide bonds. The maximum atomic E-state index is 8.70. The van der Waals surface area contributed by atoms with Crippen LogP contribution in [0.4, 0.5) is 0 Å². The third-order valence-electron chi connectivity index (χ3n) is 2.35. The second-order valence-corrected chi connectivity index (χ2v) is 4.44. The van der Waals surface area contributed by atoms with E-state index < -0.39 is 8.25 Å². The Balaban J connectivity index is -0.000000340. The molecule has 0 bridgehead atoms. The molecule has 0 aliphatic heterocycles. The van der Waals surface area contributed by atoms with Crippen LogP contribution in [-0.4, -0.2) is 9.79 Å². The second-order valence-electron chi connectivity index (χ2n) is 3.93. The average molecular weight is 309 g/mol. The molecule has 5 heteroatoms. The second kappa shape index (κ2) is 21.8. The Bertz CT molecular complexity index is 132. The fourth-order valence-corrected chi connectivity index (χ4v) is 1.49. The van der Waals surface area contributed by atoms with E-state index in [2.05, 4.69) is 13.8 Å². The molecular formula is C12H27NiO3P. The third-order valence-corrected chi connectivity index (χ3v) is 2.35. The number of hydrogen-bond acceptors (Lipinski definition) is 1. The van der Waals surface area contributed by atoms with Crippen LogP contribution in [-0.2, 0) is 21.1 Å². The van der Waals surface area contributed by atoms with Gasteiger partial charge in [0.25, 0.3) is 0 Å². The first-order chi connectivity index (χ1) is 7.65. The molecule has 0 aromatic heterocycles. The summed E-state index contributed by atoms with van der Waals surface area (Å²) < 4.78 is 8.70. The molecule has 0 saturated carbocycles. The standard InChI is InChI=1S/C12H25.Ni.HO3P/c1-3-5-7-9-11-12-10-8-6-4-2;;1-4(2)3/h1,3-12H2,2H3;;(H-,1,2,3)/q-1;;/p+1. The number of hydrogen-bond donors (Lipinski definition) is 2. The minimum absolute atomic E-state index is 0. The first kappa shape index (κ1) is 22.7. The van der Waals surface area contributed by atoms with Gasteiger partial charge < -0.3 is 6.92 Å². The molecule has 3 nitrogen and oxygen atoms in total. The van der Waals surface area contributed by atoms with Crippen LogP contribution >= 0.6 is 8.25 Å². The molecule has 0 spiro atoms. The van der Waals surface area contributed by atoms with Crippen molar-refractivity contribution in [3.8, 4) is 0 Å². The van der Waals surface area contributed by atoms with Gasteiger partial charge in [-0.1, -0.05) is 64.7 Å². The molecule has 0 aliphatic rings. The molecule has 108 valence electrons. The minimum Gasteiger partial charge on any atom is -0.343 e. The van der Waals surface area contributed by atoms with Gasteiger partial charge >= 0.3 is 8.25 Å². The molecule has 0 aliphatic carbocycles. The van der Waals surface area contributed by atoms with E-state index in [1.165, 1.54) is 57.8 Å². The third kappa shape index (κ3) is 38.4. The maximum absolute atomic E-state index is 8.70. The predicted octanol–water partition coefficient (Wildman–Crippen LogP) is 4.37. The summed E-state index contributed by atoms with van der Waals surface area (Å²) >= 11 is 0. The summed E-state index contributed by atoms with van der Waals surface area (Å²) in [5.74, 6) is 0. The van der Waals surface area contributed by atoms with Gasteiger partial charge in [0.15, 0.2) is 0 Å². The first-order valence-electron chi connectivity index (χ1n) is 6.29. The summed E-state index contributed by atoms with van der Waals surface area (Å²) in [5.41, 5.74) is 0. The van der Waals surface area contributed by atoms with Crippen LogP contribution < -0.4 is 0 Å². The van der Waals surface area contributed by atoms with Crippen molar-refractivity contribution in [2.75, 3.05) is 0 Å². The fraction of sp³-hybridized carbons (Fsp3) is 0.917. The zero-order valence-corrected chi connectivity index (χ0v) is 12.7. The topological polar surface area (TPSA) is 57.5 Å². The van der Waals surface area contributed by atoms with Crippen molar-refractivity contribution in [2.45, 2.75) is 71.1 Å². The van der Waals surface area contributed by atoms with Crippen molar-refractivity contribution in [3.05, 3.63) is 6.92 Å². The van der Waals surface area contributed by atoms with E-state index in [-0.39, 0.29) is 16.5 Å². The van der Waals surface area contributed by atoms with Crippen LogP contribution in [0, 0.1) is 6.92 Å². The summed E-state index contributed by atoms with van der Waals surface area (Å²) in [6.45, 7) is 6.12. The van der Waals surface area contributed by atoms with E-state index in [1.54, 1.807) is 0 Å². The summed E-state index contributed by atoms with van der Waals surface area (Å²) in [6.07, 6.45) is 13.9. The van der Waals surface area contributed by atoms with Crippen molar-refractivity contribution in [2.24, 2.45) is 0 Å². The quantitative estimate of drug-likeness (QED) is 0.288. The van der Waals surface area contributed by atoms with Gasteiger partial charge in [-0.3, -0.25) is 0 Å². The molecule has 0 unspecified atom stereocenters. The van der Waals surface area contributed by atoms with Crippen LogP contribution in [0.2, 0.25) is 0 Å². The SMILES string of the molecule is O=[P+](O)O.[CH2-]CCCCCCCCCCC.[Ni]. The van der Waals surface area contributed by atoms with Gasteiger partial charge in [-0.2, -0.15) is 6.42 Å². The fourth-order valence-electron chi connectivity index (χ4n) is 1.49. The summed E-state index contributed by atoms with van der Waals surface area (Å²) in [5, 5.41) is 0. The van der Waals surface area contributed by atoms with Crippen LogP contribution in [0.25, 0.3) is 0 Å². The van der Waals surface area contributed by atoms with E-state index >= 15 is 0 Å². The zero-order chi connectivity index (χ0) is 12.6. The molecule has 0 saturated heterocycles. The molecule has 0 heterocycles. The average Bonchev–Trinajstić information content (AvgIpc) is 2.21. The van der Waals surface area contributed by atoms with Crippen LogP contribution in [0.3, 0.4) is 0 Å². The Labute approximate surface area is 117 Å². The van der Waals surface area contributed by atoms with E-state index in [1.807, 2.05) is 0 Å². The normalized spacial score (nSPS) is 8.94. The Kier molecular flexibility index (Phi) is 29.0. The van der Waals surface area contributed by atoms with Crippen LogP contribution in [0.5, 0.6) is 0 Å². The van der Waals surface area contributed by atoms with Gasteiger partial charge in [-0.15, -0.1) is 9.79 Å². The molecule has 0 aromatic rings. The Morgan fingerprint density at radius 1 is 0.882 bits per heavy atom. The van der Waals surface area contributed by atoms with Crippen molar-refractivity contribution < 1.29 is 30.8 Å². The molecule has 0 rings (SSSR count). The van der Waals surface area contributed by atoms with Gasteiger partial charge in [0.2, 0.25) is 0 Å². The van der Waals surface area contributed by atoms with Crippen molar-refractivity contribution in [1.29, 1.82) is 0 Å². The van der Waals surface area contributed by atoms with Crippen molar-refractivity contribution in [1.82, 2.24) is 0 Å². The van der Waals surface area contributed by atoms with E-state index in [4.69, 9.17) is 14.4 Å². The van der Waals surface area contributed by atoms with Gasteiger partial charge in [0.1, 0.15) is 0 Å². The maximum Gasteiger partial charge on any atom is 0.692 e. The monoisotopic (exact) mass is 308 g/mol. The Morgan fingerprint density at radius 2 is 1.18 bits per heavy atom. The molecule has 0 radical (unpaired) electrons. The zero-order valence-electron chi connectivity index (χ0n) is 10.8. The Hall–Kier alpha value is 0.514. The smallest absolute Gasteiger partial charge is 0.343 e. The molecule has 0 aromatic carbocycles. The van der Waals surface area contributed by atoms with Gasteiger partial charge in [0, 0.05) is 21.1 Å².